The van der Waals surface area contributed by atoms with Crippen molar-refractivity contribution in [2.45, 2.75) is 191 Å². The van der Waals surface area contributed by atoms with Gasteiger partial charge < -0.3 is 14.0 Å². The van der Waals surface area contributed by atoms with Crippen LogP contribution in [0, 0.1) is 23.7 Å². The summed E-state index contributed by atoms with van der Waals surface area (Å²) < 4.78 is 28.7. The Balaban J connectivity index is 1.16. The Morgan fingerprint density at radius 2 is 0.789 bits per heavy atom. The second-order valence-electron chi connectivity index (χ2n) is 15.0. The van der Waals surface area contributed by atoms with E-state index >= 15 is 4.57 Å². The molecule has 38 heavy (non-hydrogen) atoms. The molecule has 0 amide bonds. The Bertz CT molecular complexity index is 710. The van der Waals surface area contributed by atoms with Crippen LogP contribution in [0.4, 0.5) is 0 Å². The fourth-order valence-corrected chi connectivity index (χ4v) is 14.5. The molecule has 0 N–H and O–H groups in total. The predicted molar refractivity (Wildman–Crippen MR) is 161 cm³/mol. The second kappa shape index (κ2) is 13.4. The Kier molecular flexibility index (Phi) is 10.5. The molecule has 0 bridgehead atoms. The van der Waals surface area contributed by atoms with Crippen LogP contribution in [0.15, 0.2) is 0 Å². The highest BCUT2D eigenvalue weighted by Crippen LogP contribution is 2.68. The van der Waals surface area contributed by atoms with Crippen molar-refractivity contribution in [1.29, 1.82) is 0 Å². The first-order chi connectivity index (χ1) is 18.3. The van der Waals surface area contributed by atoms with E-state index in [-0.39, 0.29) is 0 Å². The summed E-state index contributed by atoms with van der Waals surface area (Å²) in [5.41, 5.74) is 1.46. The van der Waals surface area contributed by atoms with Gasteiger partial charge in [-0.2, -0.15) is 0 Å². The molecule has 5 aliphatic rings. The van der Waals surface area contributed by atoms with Gasteiger partial charge >= 0.3 is 0 Å². The standard InChI is InChI=1S/C34H61O3P/c1-24-10-12-30(22-26(24)3)36-28-14-18-33(19-15-28)38(35,32-8-6-5-7-9-32)34-20-16-29(17-21-34)37-31-13-11-25(2)27(4)23-31/h24-34H,5-23H2,1-4H3. The zero-order valence-corrected chi connectivity index (χ0v) is 26.4. The summed E-state index contributed by atoms with van der Waals surface area (Å²) in [7, 11) is -2.23. The number of rotatable bonds is 7. The van der Waals surface area contributed by atoms with Crippen LogP contribution >= 0.6 is 7.14 Å². The van der Waals surface area contributed by atoms with E-state index in [0.29, 0.717) is 41.4 Å². The first-order valence-electron chi connectivity index (χ1n) is 17.2. The summed E-state index contributed by atoms with van der Waals surface area (Å²) >= 11 is 0. The average Bonchev–Trinajstić information content (AvgIpc) is 2.94. The maximum Gasteiger partial charge on any atom is 0.0965 e. The van der Waals surface area contributed by atoms with Crippen LogP contribution in [0.5, 0.6) is 0 Å². The van der Waals surface area contributed by atoms with E-state index < -0.39 is 7.14 Å². The maximum atomic E-state index is 15.3. The largest absolute Gasteiger partial charge is 0.375 e. The lowest BCUT2D eigenvalue weighted by Gasteiger charge is -2.46. The van der Waals surface area contributed by atoms with E-state index in [0.717, 1.165) is 75.0 Å². The monoisotopic (exact) mass is 548 g/mol. The molecule has 3 nitrogen and oxygen atoms in total. The Labute approximate surface area is 235 Å². The summed E-state index contributed by atoms with van der Waals surface area (Å²) in [5.74, 6) is 3.28. The lowest BCUT2D eigenvalue weighted by molar-refractivity contribution is -0.0608. The van der Waals surface area contributed by atoms with Crippen molar-refractivity contribution < 1.29 is 14.0 Å². The molecule has 0 aromatic rings. The molecule has 5 fully saturated rings. The lowest BCUT2D eigenvalue weighted by atomic mass is 9.80. The zero-order valence-electron chi connectivity index (χ0n) is 25.5. The number of hydrogen-bond acceptors (Lipinski definition) is 3. The van der Waals surface area contributed by atoms with Crippen LogP contribution in [0.25, 0.3) is 0 Å². The quantitative estimate of drug-likeness (QED) is 0.297. The third-order valence-electron chi connectivity index (χ3n) is 12.4. The molecule has 4 heteroatoms. The molecule has 6 atom stereocenters. The minimum absolute atomic E-state index is 0.418. The minimum atomic E-state index is -2.23. The first-order valence-corrected chi connectivity index (χ1v) is 19.1. The van der Waals surface area contributed by atoms with Gasteiger partial charge in [0.2, 0.25) is 0 Å². The molecule has 6 unspecified atom stereocenters. The van der Waals surface area contributed by atoms with E-state index in [1.165, 1.54) is 70.6 Å². The molecule has 5 saturated carbocycles. The van der Waals surface area contributed by atoms with E-state index in [1.807, 2.05) is 0 Å². The van der Waals surface area contributed by atoms with Crippen LogP contribution in [0.3, 0.4) is 0 Å². The average molecular weight is 549 g/mol. The zero-order chi connectivity index (χ0) is 26.7. The van der Waals surface area contributed by atoms with Gasteiger partial charge in [-0.25, -0.2) is 0 Å². The summed E-state index contributed by atoms with van der Waals surface area (Å²) in [6, 6.07) is 0. The van der Waals surface area contributed by atoms with Crippen LogP contribution < -0.4 is 0 Å². The van der Waals surface area contributed by atoms with Gasteiger partial charge in [0.15, 0.2) is 0 Å². The lowest BCUT2D eigenvalue weighted by Crippen LogP contribution is -2.38. The minimum Gasteiger partial charge on any atom is -0.375 e. The number of hydrogen-bond donors (Lipinski definition) is 0. The topological polar surface area (TPSA) is 35.5 Å². The smallest absolute Gasteiger partial charge is 0.0965 e. The number of ether oxygens (including phenoxy) is 2. The van der Waals surface area contributed by atoms with Crippen molar-refractivity contribution >= 4 is 7.14 Å². The van der Waals surface area contributed by atoms with Gasteiger partial charge in [-0.05, 0) is 126 Å². The normalized spacial score (nSPS) is 45.4. The molecule has 0 aliphatic heterocycles. The third kappa shape index (κ3) is 6.95. The van der Waals surface area contributed by atoms with Gasteiger partial charge in [0.25, 0.3) is 0 Å². The molecular weight excluding hydrogens is 487 g/mol. The molecule has 0 aromatic heterocycles. The molecule has 0 aromatic carbocycles. The van der Waals surface area contributed by atoms with E-state index in [9.17, 15) is 0 Å². The van der Waals surface area contributed by atoms with Gasteiger partial charge in [0.1, 0.15) is 0 Å². The predicted octanol–water partition coefficient (Wildman–Crippen LogP) is 9.99. The summed E-state index contributed by atoms with van der Waals surface area (Å²) in [5, 5.41) is 0. The molecule has 0 radical (unpaired) electrons. The van der Waals surface area contributed by atoms with Crippen molar-refractivity contribution in [3.05, 3.63) is 0 Å². The fraction of sp³-hybridized carbons (Fsp3) is 1.00. The molecule has 5 rings (SSSR count). The van der Waals surface area contributed by atoms with E-state index in [4.69, 9.17) is 9.47 Å². The van der Waals surface area contributed by atoms with Crippen molar-refractivity contribution in [2.75, 3.05) is 0 Å². The Hall–Kier alpha value is 0.150. The van der Waals surface area contributed by atoms with Gasteiger partial charge in [0, 0.05) is 17.0 Å². The molecule has 5 aliphatic carbocycles. The maximum absolute atomic E-state index is 15.3. The van der Waals surface area contributed by atoms with Gasteiger partial charge in [0.05, 0.1) is 31.6 Å². The summed E-state index contributed by atoms with van der Waals surface area (Å²) in [4.78, 5) is 0. The SMILES string of the molecule is CC1CCC(OC2CCC(P(=O)(C3CCCCC3)C3CCC(OC4CCC(C)C(C)C4)CC3)CC2)CC1C. The van der Waals surface area contributed by atoms with E-state index in [1.54, 1.807) is 0 Å². The summed E-state index contributed by atoms with van der Waals surface area (Å²) in [6.07, 6.45) is 25.1. The van der Waals surface area contributed by atoms with Gasteiger partial charge in [-0.3, -0.25) is 0 Å². The molecule has 0 spiro atoms. The van der Waals surface area contributed by atoms with Crippen molar-refractivity contribution in [2.24, 2.45) is 23.7 Å². The molecule has 0 heterocycles. The van der Waals surface area contributed by atoms with Gasteiger partial charge in [-0.1, -0.05) is 47.0 Å². The van der Waals surface area contributed by atoms with Crippen LogP contribution in [-0.4, -0.2) is 41.4 Å². The Morgan fingerprint density at radius 1 is 0.421 bits per heavy atom. The molecule has 0 saturated heterocycles. The third-order valence-corrected chi connectivity index (χ3v) is 17.4. The first kappa shape index (κ1) is 29.6. The Morgan fingerprint density at radius 3 is 1.18 bits per heavy atom. The highest BCUT2D eigenvalue weighted by Gasteiger charge is 2.48. The van der Waals surface area contributed by atoms with Crippen molar-refractivity contribution in [3.63, 3.8) is 0 Å². The van der Waals surface area contributed by atoms with Crippen LogP contribution in [0.1, 0.15) is 150 Å². The van der Waals surface area contributed by atoms with Crippen molar-refractivity contribution in [1.82, 2.24) is 0 Å². The second-order valence-corrected chi connectivity index (χ2v) is 18.7. The van der Waals surface area contributed by atoms with Crippen LogP contribution in [-0.2, 0) is 14.0 Å². The van der Waals surface area contributed by atoms with Crippen molar-refractivity contribution in [3.8, 4) is 0 Å². The highest BCUT2D eigenvalue weighted by molar-refractivity contribution is 7.66. The van der Waals surface area contributed by atoms with E-state index in [2.05, 4.69) is 27.7 Å². The molecular formula is C34H61O3P. The molecule has 220 valence electrons. The summed E-state index contributed by atoms with van der Waals surface area (Å²) in [6.45, 7) is 9.64. The highest BCUT2D eigenvalue weighted by atomic mass is 31.2. The fourth-order valence-electron chi connectivity index (χ4n) is 9.34. The van der Waals surface area contributed by atoms with Gasteiger partial charge in [-0.15, -0.1) is 0 Å². The van der Waals surface area contributed by atoms with Crippen LogP contribution in [0.2, 0.25) is 0 Å².